The van der Waals surface area contributed by atoms with Crippen LogP contribution in [0.5, 0.6) is 0 Å². The maximum Gasteiger partial charge on any atom is 0.243 e. The van der Waals surface area contributed by atoms with E-state index in [1.54, 1.807) is 12.1 Å². The molecule has 0 spiro atoms. The van der Waals surface area contributed by atoms with E-state index in [9.17, 15) is 8.42 Å². The molecule has 3 rings (SSSR count). The molecular weight excluding hydrogens is 330 g/mol. The first kappa shape index (κ1) is 16.2. The van der Waals surface area contributed by atoms with Crippen LogP contribution >= 0.6 is 11.6 Å². The molecule has 2 aromatic rings. The van der Waals surface area contributed by atoms with E-state index in [4.69, 9.17) is 11.6 Å². The minimum absolute atomic E-state index is 0.353. The molecule has 0 aromatic heterocycles. The predicted octanol–water partition coefficient (Wildman–Crippen LogP) is 4.13. The Balaban J connectivity index is 1.79. The summed E-state index contributed by atoms with van der Waals surface area (Å²) in [5.74, 6) is 0. The molecule has 0 fully saturated rings. The molecular formula is C18H18ClNO2S. The molecule has 5 heteroatoms. The Kier molecular flexibility index (Phi) is 4.57. The van der Waals surface area contributed by atoms with E-state index >= 15 is 0 Å². The standard InChI is InChI=1S/C18H18ClNO2S/c1-14-2-8-18(9-3-14)23(21,22)20-12-10-16(11-13-20)15-4-6-17(19)7-5-15/h2-10H,11-13H2,1H3. The average molecular weight is 348 g/mol. The minimum Gasteiger partial charge on any atom is -0.207 e. The Hall–Kier alpha value is -1.62. The van der Waals surface area contributed by atoms with Crippen LogP contribution in [0.25, 0.3) is 5.57 Å². The fourth-order valence-corrected chi connectivity index (χ4v) is 4.16. The van der Waals surface area contributed by atoms with Crippen LogP contribution < -0.4 is 0 Å². The van der Waals surface area contributed by atoms with Gasteiger partial charge >= 0.3 is 0 Å². The lowest BCUT2D eigenvalue weighted by atomic mass is 10.0. The molecule has 2 aromatic carbocycles. The summed E-state index contributed by atoms with van der Waals surface area (Å²) in [5.41, 5.74) is 3.31. The molecule has 0 unspecified atom stereocenters. The molecule has 1 aliphatic heterocycles. The van der Waals surface area contributed by atoms with E-state index < -0.39 is 10.0 Å². The lowest BCUT2D eigenvalue weighted by molar-refractivity contribution is 0.441. The molecule has 23 heavy (non-hydrogen) atoms. The Morgan fingerprint density at radius 1 is 1.00 bits per heavy atom. The van der Waals surface area contributed by atoms with E-state index in [1.807, 2.05) is 49.4 Å². The monoisotopic (exact) mass is 347 g/mol. The molecule has 0 aliphatic carbocycles. The first-order valence-corrected chi connectivity index (χ1v) is 9.30. The number of hydrogen-bond donors (Lipinski definition) is 0. The van der Waals surface area contributed by atoms with Gasteiger partial charge in [-0.2, -0.15) is 4.31 Å². The highest BCUT2D eigenvalue weighted by Gasteiger charge is 2.26. The SMILES string of the molecule is Cc1ccc(S(=O)(=O)N2CC=C(c3ccc(Cl)cc3)CC2)cc1. The van der Waals surface area contributed by atoms with Crippen molar-refractivity contribution in [2.45, 2.75) is 18.2 Å². The van der Waals surface area contributed by atoms with Crippen LogP contribution in [0, 0.1) is 6.92 Å². The summed E-state index contributed by atoms with van der Waals surface area (Å²) < 4.78 is 26.9. The van der Waals surface area contributed by atoms with Gasteiger partial charge in [0.2, 0.25) is 10.0 Å². The highest BCUT2D eigenvalue weighted by atomic mass is 35.5. The Labute approximate surface area is 142 Å². The number of halogens is 1. The maximum atomic E-state index is 12.7. The van der Waals surface area contributed by atoms with Crippen LogP contribution in [-0.4, -0.2) is 25.8 Å². The third-order valence-corrected chi connectivity index (χ3v) is 6.18. The van der Waals surface area contributed by atoms with Crippen LogP contribution in [-0.2, 0) is 10.0 Å². The van der Waals surface area contributed by atoms with E-state index in [0.717, 1.165) is 16.7 Å². The zero-order chi connectivity index (χ0) is 16.4. The van der Waals surface area contributed by atoms with Crippen molar-refractivity contribution in [2.24, 2.45) is 0 Å². The van der Waals surface area contributed by atoms with Crippen LogP contribution in [0.2, 0.25) is 5.02 Å². The minimum atomic E-state index is -3.42. The van der Waals surface area contributed by atoms with E-state index in [1.165, 1.54) is 4.31 Å². The van der Waals surface area contributed by atoms with Crippen molar-refractivity contribution >= 4 is 27.2 Å². The topological polar surface area (TPSA) is 37.4 Å². The zero-order valence-corrected chi connectivity index (χ0v) is 14.4. The van der Waals surface area contributed by atoms with Crippen LogP contribution in [0.1, 0.15) is 17.5 Å². The smallest absolute Gasteiger partial charge is 0.207 e. The van der Waals surface area contributed by atoms with Crippen molar-refractivity contribution < 1.29 is 8.42 Å². The Morgan fingerprint density at radius 2 is 1.65 bits per heavy atom. The van der Waals surface area contributed by atoms with Gasteiger partial charge in [0.1, 0.15) is 0 Å². The molecule has 0 bridgehead atoms. The maximum absolute atomic E-state index is 12.7. The van der Waals surface area contributed by atoms with Gasteiger partial charge in [-0.1, -0.05) is 47.5 Å². The quantitative estimate of drug-likeness (QED) is 0.837. The van der Waals surface area contributed by atoms with E-state index in [-0.39, 0.29) is 0 Å². The summed E-state index contributed by atoms with van der Waals surface area (Å²) in [5, 5.41) is 0.703. The summed E-state index contributed by atoms with van der Waals surface area (Å²) in [6.45, 7) is 2.83. The Morgan fingerprint density at radius 3 is 2.22 bits per heavy atom. The van der Waals surface area contributed by atoms with Crippen molar-refractivity contribution in [3.05, 3.63) is 70.8 Å². The first-order valence-electron chi connectivity index (χ1n) is 7.48. The summed E-state index contributed by atoms with van der Waals surface area (Å²) in [6.07, 6.45) is 2.69. The summed E-state index contributed by atoms with van der Waals surface area (Å²) in [4.78, 5) is 0.353. The molecule has 0 N–H and O–H groups in total. The van der Waals surface area contributed by atoms with Gasteiger partial charge in [0.05, 0.1) is 4.90 Å². The fraction of sp³-hybridized carbons (Fsp3) is 0.222. The molecule has 3 nitrogen and oxygen atoms in total. The van der Waals surface area contributed by atoms with Gasteiger partial charge < -0.3 is 0 Å². The van der Waals surface area contributed by atoms with Gasteiger partial charge in [-0.3, -0.25) is 0 Å². The van der Waals surface area contributed by atoms with Gasteiger partial charge in [0, 0.05) is 18.1 Å². The summed E-state index contributed by atoms with van der Waals surface area (Å²) >= 11 is 5.91. The molecule has 0 saturated carbocycles. The lowest BCUT2D eigenvalue weighted by Crippen LogP contribution is -2.34. The molecule has 0 saturated heterocycles. The van der Waals surface area contributed by atoms with Crippen LogP contribution in [0.3, 0.4) is 0 Å². The second-order valence-electron chi connectivity index (χ2n) is 5.66. The molecule has 1 heterocycles. The average Bonchev–Trinajstić information content (AvgIpc) is 2.56. The van der Waals surface area contributed by atoms with Gasteiger partial charge in [-0.25, -0.2) is 8.42 Å². The van der Waals surface area contributed by atoms with Gasteiger partial charge in [0.25, 0.3) is 0 Å². The number of hydrogen-bond acceptors (Lipinski definition) is 2. The number of benzene rings is 2. The van der Waals surface area contributed by atoms with Gasteiger partial charge in [-0.15, -0.1) is 0 Å². The molecule has 120 valence electrons. The number of rotatable bonds is 3. The third-order valence-electron chi connectivity index (χ3n) is 4.05. The molecule has 0 amide bonds. The van der Waals surface area contributed by atoms with Gasteiger partial charge in [-0.05, 0) is 48.7 Å². The van der Waals surface area contributed by atoms with Crippen molar-refractivity contribution in [2.75, 3.05) is 13.1 Å². The largest absolute Gasteiger partial charge is 0.243 e. The Bertz CT molecular complexity index is 824. The summed E-state index contributed by atoms with van der Waals surface area (Å²) in [6, 6.07) is 14.6. The number of aryl methyl sites for hydroxylation is 1. The number of nitrogens with zero attached hydrogens (tertiary/aromatic N) is 1. The second-order valence-corrected chi connectivity index (χ2v) is 8.04. The molecule has 0 radical (unpaired) electrons. The highest BCUT2D eigenvalue weighted by Crippen LogP contribution is 2.26. The first-order chi connectivity index (χ1) is 11.0. The summed E-state index contributed by atoms with van der Waals surface area (Å²) in [7, 11) is -3.42. The van der Waals surface area contributed by atoms with Gasteiger partial charge in [0.15, 0.2) is 0 Å². The van der Waals surface area contributed by atoms with Crippen molar-refractivity contribution in [1.29, 1.82) is 0 Å². The predicted molar refractivity (Wildman–Crippen MR) is 94.0 cm³/mol. The molecule has 0 atom stereocenters. The second kappa shape index (κ2) is 6.48. The molecule has 1 aliphatic rings. The lowest BCUT2D eigenvalue weighted by Gasteiger charge is -2.26. The third kappa shape index (κ3) is 3.50. The van der Waals surface area contributed by atoms with Crippen molar-refractivity contribution in [3.8, 4) is 0 Å². The highest BCUT2D eigenvalue weighted by molar-refractivity contribution is 7.89. The van der Waals surface area contributed by atoms with Crippen molar-refractivity contribution in [1.82, 2.24) is 4.31 Å². The normalized spacial score (nSPS) is 16.2. The van der Waals surface area contributed by atoms with Crippen LogP contribution in [0.15, 0.2) is 59.5 Å². The van der Waals surface area contributed by atoms with E-state index in [0.29, 0.717) is 29.4 Å². The van der Waals surface area contributed by atoms with Crippen molar-refractivity contribution in [3.63, 3.8) is 0 Å². The van der Waals surface area contributed by atoms with E-state index in [2.05, 4.69) is 0 Å². The number of sulfonamides is 1. The zero-order valence-electron chi connectivity index (χ0n) is 12.9. The fourth-order valence-electron chi connectivity index (χ4n) is 2.65. The van der Waals surface area contributed by atoms with Crippen LogP contribution in [0.4, 0.5) is 0 Å².